The van der Waals surface area contributed by atoms with Crippen LogP contribution in [0.2, 0.25) is 0 Å². The Labute approximate surface area is 186 Å². The Kier molecular flexibility index (Phi) is 6.91. The fourth-order valence-electron chi connectivity index (χ4n) is 3.54. The van der Waals surface area contributed by atoms with Crippen molar-refractivity contribution in [2.75, 3.05) is 6.26 Å². The van der Waals surface area contributed by atoms with Crippen molar-refractivity contribution < 1.29 is 28.6 Å². The summed E-state index contributed by atoms with van der Waals surface area (Å²) in [4.78, 5) is 11.9. The third-order valence-corrected chi connectivity index (χ3v) is 7.84. The highest BCUT2D eigenvalue weighted by atomic mass is 32.2. The normalized spacial score (nSPS) is 22.3. The number of hydroxylamine groups is 1. The lowest BCUT2D eigenvalue weighted by Gasteiger charge is -2.24. The third kappa shape index (κ3) is 5.12. The summed E-state index contributed by atoms with van der Waals surface area (Å²) in [5.41, 5.74) is 2.83. The van der Waals surface area contributed by atoms with Gasteiger partial charge in [-0.15, -0.1) is 0 Å². The summed E-state index contributed by atoms with van der Waals surface area (Å²) in [6, 6.07) is 5.40. The zero-order valence-electron chi connectivity index (χ0n) is 17.7. The van der Waals surface area contributed by atoms with E-state index in [-0.39, 0.29) is 18.9 Å². The van der Waals surface area contributed by atoms with Gasteiger partial charge in [-0.2, -0.15) is 5.10 Å². The van der Waals surface area contributed by atoms with E-state index in [9.17, 15) is 23.4 Å². The van der Waals surface area contributed by atoms with Crippen LogP contribution in [0.3, 0.4) is 0 Å². The number of rotatable bonds is 5. The molecule has 2 unspecified atom stereocenters. The fourth-order valence-corrected chi connectivity index (χ4v) is 4.38. The molecular formula is C22H25N3O6S. The first-order valence-corrected chi connectivity index (χ1v) is 11.9. The van der Waals surface area contributed by atoms with Crippen LogP contribution in [0.15, 0.2) is 24.4 Å². The van der Waals surface area contributed by atoms with Crippen molar-refractivity contribution in [1.29, 1.82) is 0 Å². The minimum atomic E-state index is -3.78. The Hall–Kier alpha value is -2.89. The number of amides is 1. The number of nitrogens with zero attached hydrogens (tertiary/aromatic N) is 2. The summed E-state index contributed by atoms with van der Waals surface area (Å²) in [5, 5.41) is 33.2. The number of aliphatic hydroxyl groups excluding tert-OH is 2. The first-order valence-electron chi connectivity index (χ1n) is 10.0. The maximum absolute atomic E-state index is 12.1. The minimum Gasteiger partial charge on any atom is -0.390 e. The Morgan fingerprint density at radius 1 is 1.28 bits per heavy atom. The van der Waals surface area contributed by atoms with Crippen molar-refractivity contribution in [3.63, 3.8) is 0 Å². The zero-order valence-corrected chi connectivity index (χ0v) is 18.6. The van der Waals surface area contributed by atoms with Crippen LogP contribution in [0.5, 0.6) is 0 Å². The van der Waals surface area contributed by atoms with Crippen molar-refractivity contribution >= 4 is 26.6 Å². The number of hydrogen-bond acceptors (Lipinski definition) is 7. The van der Waals surface area contributed by atoms with Crippen LogP contribution in [0.25, 0.3) is 10.9 Å². The fraction of sp³-hybridized carbons (Fsp3) is 0.455. The van der Waals surface area contributed by atoms with Gasteiger partial charge in [0.05, 0.1) is 17.7 Å². The van der Waals surface area contributed by atoms with E-state index in [0.29, 0.717) is 18.4 Å². The van der Waals surface area contributed by atoms with Gasteiger partial charge in [0.1, 0.15) is 0 Å². The van der Waals surface area contributed by atoms with Crippen LogP contribution in [0.4, 0.5) is 0 Å². The first-order chi connectivity index (χ1) is 15.0. The average Bonchev–Trinajstić information content (AvgIpc) is 3.29. The van der Waals surface area contributed by atoms with E-state index in [1.165, 1.54) is 12.4 Å². The Morgan fingerprint density at radius 3 is 2.59 bits per heavy atom. The monoisotopic (exact) mass is 459 g/mol. The van der Waals surface area contributed by atoms with E-state index in [1.54, 1.807) is 23.0 Å². The average molecular weight is 460 g/mol. The van der Waals surface area contributed by atoms with E-state index >= 15 is 0 Å². The number of hydrogen-bond donors (Lipinski definition) is 4. The Balaban J connectivity index is 1.71. The molecule has 1 saturated carbocycles. The molecule has 10 heteroatoms. The van der Waals surface area contributed by atoms with Gasteiger partial charge in [0, 0.05) is 35.9 Å². The van der Waals surface area contributed by atoms with Crippen molar-refractivity contribution in [2.45, 2.75) is 49.7 Å². The van der Waals surface area contributed by atoms with Gasteiger partial charge in [-0.1, -0.05) is 11.8 Å². The molecule has 4 N–H and O–H groups in total. The summed E-state index contributed by atoms with van der Waals surface area (Å²) in [6.07, 6.45) is 2.04. The Morgan fingerprint density at radius 2 is 1.97 bits per heavy atom. The van der Waals surface area contributed by atoms with Crippen LogP contribution in [0, 0.1) is 29.6 Å². The molecule has 2 aromatic rings. The highest BCUT2D eigenvalue weighted by molar-refractivity contribution is 7.92. The summed E-state index contributed by atoms with van der Waals surface area (Å²) in [5.74, 6) is 10.4. The number of benzene rings is 1. The highest BCUT2D eigenvalue weighted by Gasteiger charge is 2.43. The molecule has 3 rings (SSSR count). The molecule has 0 bridgehead atoms. The van der Waals surface area contributed by atoms with E-state index in [0.717, 1.165) is 17.2 Å². The Bertz CT molecular complexity index is 1240. The number of aryl methyl sites for hydroxylation is 1. The molecule has 0 aliphatic heterocycles. The summed E-state index contributed by atoms with van der Waals surface area (Å²) in [7, 11) is -3.78. The van der Waals surface area contributed by atoms with Crippen molar-refractivity contribution in [3.05, 3.63) is 30.0 Å². The molecule has 1 aliphatic rings. The van der Waals surface area contributed by atoms with Gasteiger partial charge < -0.3 is 10.2 Å². The quantitative estimate of drug-likeness (QED) is 0.285. The van der Waals surface area contributed by atoms with Gasteiger partial charge in [0.2, 0.25) is 0 Å². The lowest BCUT2D eigenvalue weighted by atomic mass is 10.1. The van der Waals surface area contributed by atoms with Crippen LogP contribution < -0.4 is 5.48 Å². The summed E-state index contributed by atoms with van der Waals surface area (Å²) >= 11 is 0. The topological polar surface area (TPSA) is 142 Å². The standard InChI is InChI=1S/C22H25N3O6S/c1-22(21(28)24-29,32(2,30)31)9-10-25-14-17-11-15(7-8-18(17)23-25)5-3-4-6-16-12-19(26)20(27)13-16/h7-8,11,14,16,19-20,26-27,29H,9-10,12-13H2,1-2H3,(H,24,28)/t16?,19-,20+,22?. The van der Waals surface area contributed by atoms with Gasteiger partial charge in [0.15, 0.2) is 14.6 Å². The number of nitrogens with one attached hydrogen (secondary N) is 1. The van der Waals surface area contributed by atoms with E-state index in [1.807, 2.05) is 6.07 Å². The molecule has 1 aliphatic carbocycles. The molecule has 1 aromatic carbocycles. The number of sulfone groups is 1. The van der Waals surface area contributed by atoms with Gasteiger partial charge in [0.25, 0.3) is 5.91 Å². The molecule has 9 nitrogen and oxygen atoms in total. The second-order valence-electron chi connectivity index (χ2n) is 8.18. The van der Waals surface area contributed by atoms with Gasteiger partial charge in [-0.3, -0.25) is 14.7 Å². The summed E-state index contributed by atoms with van der Waals surface area (Å²) in [6.45, 7) is 1.41. The minimum absolute atomic E-state index is 0.0689. The first kappa shape index (κ1) is 23.8. The number of aliphatic hydroxyl groups is 2. The third-order valence-electron chi connectivity index (χ3n) is 5.81. The molecule has 0 radical (unpaired) electrons. The number of fused-ring (bicyclic) bond motifs is 1. The van der Waals surface area contributed by atoms with Gasteiger partial charge >= 0.3 is 0 Å². The second kappa shape index (κ2) is 9.31. The lowest BCUT2D eigenvalue weighted by molar-refractivity contribution is -0.131. The van der Waals surface area contributed by atoms with Crippen molar-refractivity contribution in [2.24, 2.45) is 5.92 Å². The molecule has 4 atom stereocenters. The largest absolute Gasteiger partial charge is 0.390 e. The molecular weight excluding hydrogens is 434 g/mol. The van der Waals surface area contributed by atoms with Crippen LogP contribution in [-0.2, 0) is 21.2 Å². The lowest BCUT2D eigenvalue weighted by Crippen LogP contribution is -2.49. The predicted octanol–water partition coefficient (Wildman–Crippen LogP) is 0.222. The maximum atomic E-state index is 12.1. The smallest absolute Gasteiger partial charge is 0.264 e. The highest BCUT2D eigenvalue weighted by Crippen LogP contribution is 2.25. The molecule has 1 heterocycles. The predicted molar refractivity (Wildman–Crippen MR) is 117 cm³/mol. The van der Waals surface area contributed by atoms with Crippen molar-refractivity contribution in [1.82, 2.24) is 15.3 Å². The zero-order chi connectivity index (χ0) is 23.5. The van der Waals surface area contributed by atoms with Crippen LogP contribution >= 0.6 is 0 Å². The molecule has 1 fully saturated rings. The van der Waals surface area contributed by atoms with Crippen LogP contribution in [0.1, 0.15) is 31.7 Å². The molecule has 1 amide bonds. The molecule has 0 saturated heterocycles. The molecule has 1 aromatic heterocycles. The SMILES string of the molecule is CC(CCn1cc2cc(C#CC#CC3C[C@@H](O)[C@@H](O)C3)ccc2n1)(C(=O)NO)S(C)(=O)=O. The van der Waals surface area contributed by atoms with Gasteiger partial charge in [-0.25, -0.2) is 13.9 Å². The van der Waals surface area contributed by atoms with Gasteiger partial charge in [-0.05, 0) is 56.2 Å². The van der Waals surface area contributed by atoms with Crippen LogP contribution in [-0.4, -0.2) is 62.7 Å². The second-order valence-corrected chi connectivity index (χ2v) is 10.6. The number of carbonyl (C=O) groups excluding carboxylic acids is 1. The van der Waals surface area contributed by atoms with E-state index in [2.05, 4.69) is 28.8 Å². The molecule has 170 valence electrons. The number of carbonyl (C=O) groups is 1. The maximum Gasteiger partial charge on any atom is 0.264 e. The van der Waals surface area contributed by atoms with E-state index in [4.69, 9.17) is 5.21 Å². The number of aromatic nitrogens is 2. The van der Waals surface area contributed by atoms with Crippen molar-refractivity contribution in [3.8, 4) is 23.7 Å². The molecule has 32 heavy (non-hydrogen) atoms. The molecule has 0 spiro atoms. The van der Waals surface area contributed by atoms with E-state index < -0.39 is 32.7 Å². The summed E-state index contributed by atoms with van der Waals surface area (Å²) < 4.78 is 23.9.